The van der Waals surface area contributed by atoms with E-state index in [9.17, 15) is 25.2 Å². The van der Waals surface area contributed by atoms with E-state index in [-0.39, 0.29) is 29.2 Å². The molecule has 30 heavy (non-hydrogen) atoms. The highest BCUT2D eigenvalue weighted by Gasteiger charge is 2.16. The number of hydrogen-bond acceptors (Lipinski definition) is 5. The molecule has 0 aliphatic rings. The number of aromatic hydroxyl groups is 3. The first-order valence-corrected chi connectivity index (χ1v) is 9.64. The smallest absolute Gasteiger partial charge is 0.189 e. The molecule has 2 rings (SSSR count). The number of hydrogen-bond donors (Lipinski definition) is 4. The first-order chi connectivity index (χ1) is 14.1. The van der Waals surface area contributed by atoms with Crippen LogP contribution in [0.4, 0.5) is 0 Å². The van der Waals surface area contributed by atoms with E-state index < -0.39 is 11.9 Å². The molecule has 0 fully saturated rings. The third kappa shape index (κ3) is 6.09. The SMILES string of the molecule is C=C(C)[C@H](O)Cc1cc(C(=O)C=Cc2ccc(O)c(CC=C(C)C)c2)c(O)cc1O. The van der Waals surface area contributed by atoms with Crippen LogP contribution in [0.3, 0.4) is 0 Å². The van der Waals surface area contributed by atoms with Gasteiger partial charge in [-0.2, -0.15) is 0 Å². The van der Waals surface area contributed by atoms with Crippen molar-refractivity contribution in [2.45, 2.75) is 39.7 Å². The second-order valence-electron chi connectivity index (χ2n) is 7.64. The van der Waals surface area contributed by atoms with Gasteiger partial charge in [-0.25, -0.2) is 0 Å². The molecule has 0 aliphatic carbocycles. The third-order valence-corrected chi connectivity index (χ3v) is 4.71. The van der Waals surface area contributed by atoms with Crippen LogP contribution >= 0.6 is 0 Å². The van der Waals surface area contributed by atoms with E-state index in [1.165, 1.54) is 12.1 Å². The fourth-order valence-corrected chi connectivity index (χ4v) is 2.81. The van der Waals surface area contributed by atoms with E-state index in [0.717, 1.165) is 22.8 Å². The quantitative estimate of drug-likeness (QED) is 0.289. The minimum absolute atomic E-state index is 0.0245. The third-order valence-electron chi connectivity index (χ3n) is 4.71. The molecule has 0 spiro atoms. The Labute approximate surface area is 177 Å². The molecule has 1 atom stereocenters. The van der Waals surface area contributed by atoms with Crippen LogP contribution in [0, 0.1) is 0 Å². The lowest BCUT2D eigenvalue weighted by Gasteiger charge is -2.13. The summed E-state index contributed by atoms with van der Waals surface area (Å²) in [5.41, 5.74) is 3.52. The van der Waals surface area contributed by atoms with Crippen molar-refractivity contribution in [2.75, 3.05) is 0 Å². The van der Waals surface area contributed by atoms with Crippen LogP contribution in [0.15, 0.2) is 60.2 Å². The van der Waals surface area contributed by atoms with E-state index in [0.29, 0.717) is 17.6 Å². The Hall–Kier alpha value is -3.31. The van der Waals surface area contributed by atoms with E-state index in [1.807, 2.05) is 19.9 Å². The molecule has 0 unspecified atom stereocenters. The molecule has 0 saturated carbocycles. The van der Waals surface area contributed by atoms with Crippen molar-refractivity contribution in [3.05, 3.63) is 82.5 Å². The normalized spacial score (nSPS) is 12.0. The maximum absolute atomic E-state index is 12.6. The van der Waals surface area contributed by atoms with E-state index >= 15 is 0 Å². The molecule has 0 bridgehead atoms. The molecular formula is C25H28O5. The zero-order chi connectivity index (χ0) is 22.4. The Morgan fingerprint density at radius 1 is 1.00 bits per heavy atom. The van der Waals surface area contributed by atoms with Gasteiger partial charge in [-0.1, -0.05) is 35.9 Å². The van der Waals surface area contributed by atoms with Crippen LogP contribution in [-0.2, 0) is 12.8 Å². The van der Waals surface area contributed by atoms with Gasteiger partial charge in [0.2, 0.25) is 0 Å². The van der Waals surface area contributed by atoms with E-state index in [1.54, 1.807) is 31.2 Å². The number of phenolic OH excluding ortho intramolecular Hbond substituents is 3. The number of rotatable bonds is 8. The maximum Gasteiger partial charge on any atom is 0.189 e. The van der Waals surface area contributed by atoms with Gasteiger partial charge in [0, 0.05) is 12.5 Å². The van der Waals surface area contributed by atoms with Gasteiger partial charge in [0.1, 0.15) is 17.2 Å². The number of benzene rings is 2. The molecule has 5 heteroatoms. The predicted octanol–water partition coefficient (Wildman–Crippen LogP) is 4.69. The molecule has 0 heterocycles. The van der Waals surface area contributed by atoms with Crippen LogP contribution in [-0.4, -0.2) is 32.3 Å². The van der Waals surface area contributed by atoms with Crippen molar-refractivity contribution in [2.24, 2.45) is 0 Å². The van der Waals surface area contributed by atoms with Crippen LogP contribution in [0.25, 0.3) is 6.08 Å². The van der Waals surface area contributed by atoms with Crippen molar-refractivity contribution in [3.63, 3.8) is 0 Å². The molecule has 158 valence electrons. The van der Waals surface area contributed by atoms with E-state index in [4.69, 9.17) is 0 Å². The standard InChI is InChI=1S/C25H28O5/c1-15(2)5-8-18-11-17(6-9-21(18)26)7-10-22(27)20-12-19(13-23(28)16(3)4)24(29)14-25(20)30/h5-7,9-12,14,23,26,28-30H,3,8,13H2,1-2,4H3/t23-/m1/s1. The summed E-state index contributed by atoms with van der Waals surface area (Å²) in [6.07, 6.45) is 4.72. The molecule has 5 nitrogen and oxygen atoms in total. The lowest BCUT2D eigenvalue weighted by Crippen LogP contribution is -2.11. The van der Waals surface area contributed by atoms with Gasteiger partial charge >= 0.3 is 0 Å². The summed E-state index contributed by atoms with van der Waals surface area (Å²) in [4.78, 5) is 12.6. The fraction of sp³-hybridized carbons (Fsp3) is 0.240. The summed E-state index contributed by atoms with van der Waals surface area (Å²) in [5, 5.41) is 40.1. The van der Waals surface area contributed by atoms with Crippen molar-refractivity contribution >= 4 is 11.9 Å². The lowest BCUT2D eigenvalue weighted by atomic mass is 9.98. The second-order valence-corrected chi connectivity index (χ2v) is 7.64. The summed E-state index contributed by atoms with van der Waals surface area (Å²) in [6.45, 7) is 9.30. The minimum Gasteiger partial charge on any atom is -0.508 e. The van der Waals surface area contributed by atoms with E-state index in [2.05, 4.69) is 6.58 Å². The Bertz CT molecular complexity index is 1010. The van der Waals surface area contributed by atoms with Crippen molar-refractivity contribution in [3.8, 4) is 17.2 Å². The van der Waals surface area contributed by atoms with Gasteiger partial charge in [0.25, 0.3) is 0 Å². The zero-order valence-corrected chi connectivity index (χ0v) is 17.5. The van der Waals surface area contributed by atoms with Crippen molar-refractivity contribution < 1.29 is 25.2 Å². The average Bonchev–Trinajstić information content (AvgIpc) is 2.67. The largest absolute Gasteiger partial charge is 0.508 e. The summed E-state index contributed by atoms with van der Waals surface area (Å²) in [7, 11) is 0. The minimum atomic E-state index is -0.866. The number of ketones is 1. The van der Waals surface area contributed by atoms with Gasteiger partial charge in [-0.05, 0) is 68.2 Å². The van der Waals surface area contributed by atoms with Crippen molar-refractivity contribution in [1.82, 2.24) is 0 Å². The molecule has 0 amide bonds. The Morgan fingerprint density at radius 2 is 1.70 bits per heavy atom. The molecule has 0 radical (unpaired) electrons. The van der Waals surface area contributed by atoms with Gasteiger partial charge in [-0.15, -0.1) is 0 Å². The highest BCUT2D eigenvalue weighted by atomic mass is 16.3. The number of aliphatic hydroxyl groups excluding tert-OH is 1. The molecular weight excluding hydrogens is 380 g/mol. The molecule has 2 aromatic carbocycles. The lowest BCUT2D eigenvalue weighted by molar-refractivity contribution is 0.104. The zero-order valence-electron chi connectivity index (χ0n) is 17.5. The summed E-state index contributed by atoms with van der Waals surface area (Å²) in [6, 6.07) is 7.54. The molecule has 4 N–H and O–H groups in total. The van der Waals surface area contributed by atoms with Crippen LogP contribution < -0.4 is 0 Å². The number of carbonyl (C=O) groups is 1. The van der Waals surface area contributed by atoms with Crippen LogP contribution in [0.1, 0.15) is 47.8 Å². The monoisotopic (exact) mass is 408 g/mol. The second kappa shape index (κ2) is 9.94. The van der Waals surface area contributed by atoms with Gasteiger partial charge in [-0.3, -0.25) is 4.79 Å². The summed E-state index contributed by atoms with van der Waals surface area (Å²) >= 11 is 0. The maximum atomic E-state index is 12.6. The number of phenols is 3. The number of aliphatic hydroxyl groups is 1. The number of allylic oxidation sites excluding steroid dienone is 3. The Balaban J connectivity index is 2.27. The Kier molecular flexibility index (Phi) is 7.61. The molecule has 0 aromatic heterocycles. The van der Waals surface area contributed by atoms with Gasteiger partial charge in [0.05, 0.1) is 11.7 Å². The molecule has 2 aromatic rings. The highest BCUT2D eigenvalue weighted by Crippen LogP contribution is 2.30. The van der Waals surface area contributed by atoms with Gasteiger partial charge in [0.15, 0.2) is 5.78 Å². The average molecular weight is 408 g/mol. The first-order valence-electron chi connectivity index (χ1n) is 9.64. The number of carbonyl (C=O) groups excluding carboxylic acids is 1. The summed E-state index contributed by atoms with van der Waals surface area (Å²) in [5.74, 6) is -0.799. The Morgan fingerprint density at radius 3 is 2.33 bits per heavy atom. The highest BCUT2D eigenvalue weighted by molar-refractivity contribution is 6.08. The molecule has 0 saturated heterocycles. The van der Waals surface area contributed by atoms with Crippen molar-refractivity contribution in [1.29, 1.82) is 0 Å². The topological polar surface area (TPSA) is 98.0 Å². The van der Waals surface area contributed by atoms with Crippen LogP contribution in [0.2, 0.25) is 0 Å². The van der Waals surface area contributed by atoms with Gasteiger partial charge < -0.3 is 20.4 Å². The predicted molar refractivity (Wildman–Crippen MR) is 119 cm³/mol. The fourth-order valence-electron chi connectivity index (χ4n) is 2.81. The first kappa shape index (κ1) is 23.0. The molecule has 0 aliphatic heterocycles. The summed E-state index contributed by atoms with van der Waals surface area (Å²) < 4.78 is 0. The van der Waals surface area contributed by atoms with Crippen LogP contribution in [0.5, 0.6) is 17.2 Å².